The summed E-state index contributed by atoms with van der Waals surface area (Å²) in [5, 5.41) is 11.5. The van der Waals surface area contributed by atoms with Crippen LogP contribution in [0, 0.1) is 13.8 Å². The molecule has 3 unspecified atom stereocenters. The maximum atomic E-state index is 14.6. The van der Waals surface area contributed by atoms with Gasteiger partial charge in [0.2, 0.25) is 5.91 Å². The van der Waals surface area contributed by atoms with Crippen LogP contribution in [0.25, 0.3) is 0 Å². The molecule has 5 rings (SSSR count). The van der Waals surface area contributed by atoms with Gasteiger partial charge in [0.15, 0.2) is 28.8 Å². The van der Waals surface area contributed by atoms with Crippen LogP contribution in [-0.4, -0.2) is 74.2 Å². The van der Waals surface area contributed by atoms with Crippen molar-refractivity contribution in [3.8, 4) is 28.7 Å². The Morgan fingerprint density at radius 1 is 0.895 bits per heavy atom. The van der Waals surface area contributed by atoms with E-state index in [4.69, 9.17) is 18.9 Å². The number of halogens is 1. The van der Waals surface area contributed by atoms with Gasteiger partial charge >= 0.3 is 0 Å². The van der Waals surface area contributed by atoms with E-state index in [1.165, 1.54) is 21.3 Å². The molecule has 1 fully saturated rings. The molecule has 3 aliphatic rings. The van der Waals surface area contributed by atoms with Crippen LogP contribution in [-0.2, 0) is 11.2 Å². The summed E-state index contributed by atoms with van der Waals surface area (Å²) >= 11 is 3.69. The highest BCUT2D eigenvalue weighted by atomic mass is 79.9. The highest BCUT2D eigenvalue weighted by molar-refractivity contribution is 9.10. The van der Waals surface area contributed by atoms with Gasteiger partial charge in [0.1, 0.15) is 11.8 Å². The number of carbonyl (C=O) groups is 2. The van der Waals surface area contributed by atoms with Gasteiger partial charge in [0.05, 0.1) is 52.1 Å². The average Bonchev–Trinajstić information content (AvgIpc) is 2.90. The first-order chi connectivity index (χ1) is 18.1. The molecule has 4 atom stereocenters. The molecule has 0 aromatic heterocycles. The van der Waals surface area contributed by atoms with Gasteiger partial charge in [0, 0.05) is 26.7 Å². The van der Waals surface area contributed by atoms with Crippen LogP contribution in [0.15, 0.2) is 4.47 Å². The average molecular weight is 589 g/mol. The molecule has 0 saturated carbocycles. The van der Waals surface area contributed by atoms with E-state index in [9.17, 15) is 14.7 Å². The Kier molecular flexibility index (Phi) is 6.54. The summed E-state index contributed by atoms with van der Waals surface area (Å²) in [5.41, 5.74) is 3.80. The normalized spacial score (nSPS) is 24.0. The molecular formula is C28H33BrN2O7. The number of likely N-dealkylation sites (N-methyl/N-ethyl adjacent to an activating group) is 1. The van der Waals surface area contributed by atoms with Gasteiger partial charge in [-0.05, 0) is 39.3 Å². The second-order valence-electron chi connectivity index (χ2n) is 10.0. The molecule has 2 aromatic carbocycles. The number of fused-ring (bicyclic) bond motifs is 7. The van der Waals surface area contributed by atoms with Crippen LogP contribution >= 0.6 is 15.9 Å². The third-order valence-corrected chi connectivity index (χ3v) is 9.58. The number of carbonyl (C=O) groups excluding carboxylic acids is 2. The highest BCUT2D eigenvalue weighted by Gasteiger charge is 2.59. The third-order valence-electron chi connectivity index (χ3n) is 8.51. The SMILES string of the molecule is CC[C@H]1c2c(OC)c(OC)c(C)c(OC)c2C(=O)C2C3c4c(O)c(OC)c(C)c(Br)c4CC(C(=O)N21)N3C. The van der Waals surface area contributed by atoms with Crippen LogP contribution in [0.4, 0.5) is 0 Å². The van der Waals surface area contributed by atoms with E-state index in [2.05, 4.69) is 15.9 Å². The van der Waals surface area contributed by atoms with Crippen LogP contribution in [0.3, 0.4) is 0 Å². The number of piperazine rings is 1. The summed E-state index contributed by atoms with van der Waals surface area (Å²) < 4.78 is 23.7. The fourth-order valence-corrected chi connectivity index (χ4v) is 7.44. The summed E-state index contributed by atoms with van der Waals surface area (Å²) in [7, 11) is 7.96. The molecule has 1 saturated heterocycles. The molecule has 1 amide bonds. The number of aromatic hydroxyl groups is 1. The van der Waals surface area contributed by atoms with Crippen molar-refractivity contribution in [3.05, 3.63) is 37.9 Å². The molecule has 3 heterocycles. The molecule has 0 spiro atoms. The molecule has 38 heavy (non-hydrogen) atoms. The Hall–Kier alpha value is -2.98. The van der Waals surface area contributed by atoms with Gasteiger partial charge in [-0.25, -0.2) is 0 Å². The zero-order valence-electron chi connectivity index (χ0n) is 22.9. The van der Waals surface area contributed by atoms with Crippen LogP contribution < -0.4 is 18.9 Å². The zero-order chi connectivity index (χ0) is 27.8. The fraction of sp³-hybridized carbons (Fsp3) is 0.500. The minimum Gasteiger partial charge on any atom is -0.504 e. The zero-order valence-corrected chi connectivity index (χ0v) is 24.5. The minimum absolute atomic E-state index is 0.00472. The number of nitrogens with zero attached hydrogens (tertiary/aromatic N) is 2. The van der Waals surface area contributed by atoms with Gasteiger partial charge in [0.25, 0.3) is 0 Å². The second kappa shape index (κ2) is 9.34. The Morgan fingerprint density at radius 3 is 2.05 bits per heavy atom. The number of hydrogen-bond donors (Lipinski definition) is 1. The molecule has 2 bridgehead atoms. The van der Waals surface area contributed by atoms with Crippen molar-refractivity contribution in [1.29, 1.82) is 0 Å². The van der Waals surface area contributed by atoms with Crippen molar-refractivity contribution in [2.45, 2.75) is 57.8 Å². The number of ketones is 1. The maximum absolute atomic E-state index is 14.6. The molecular weight excluding hydrogens is 556 g/mol. The predicted octanol–water partition coefficient (Wildman–Crippen LogP) is 4.26. The van der Waals surface area contributed by atoms with Crippen LogP contribution in [0.1, 0.15) is 63.6 Å². The number of rotatable bonds is 5. The lowest BCUT2D eigenvalue weighted by Crippen LogP contribution is -2.68. The summed E-state index contributed by atoms with van der Waals surface area (Å²) in [5.74, 6) is 1.25. The Balaban J connectivity index is 1.86. The van der Waals surface area contributed by atoms with Crippen molar-refractivity contribution < 1.29 is 33.6 Å². The van der Waals surface area contributed by atoms with E-state index in [1.54, 1.807) is 12.0 Å². The monoisotopic (exact) mass is 588 g/mol. The largest absolute Gasteiger partial charge is 0.504 e. The first kappa shape index (κ1) is 26.6. The topological polar surface area (TPSA) is 97.8 Å². The maximum Gasteiger partial charge on any atom is 0.241 e. The number of phenols is 1. The Bertz CT molecular complexity index is 1370. The van der Waals surface area contributed by atoms with E-state index < -0.39 is 24.2 Å². The number of Topliss-reactive ketones (excluding diaryl/α,β-unsaturated/α-hetero) is 1. The van der Waals surface area contributed by atoms with E-state index in [1.807, 2.05) is 32.7 Å². The Morgan fingerprint density at radius 2 is 1.50 bits per heavy atom. The summed E-state index contributed by atoms with van der Waals surface area (Å²) in [4.78, 5) is 32.5. The number of methoxy groups -OCH3 is 4. The standard InChI is InChI=1S/C28H33BrN2O7/c1-9-14-17-18(24(35-5)12(3)26(37-7)27(17)38-8)22(32)21-20-16-13(10-15(30(20)4)28(34)31(14)21)19(29)11(2)25(36-6)23(16)33/h14-15,20-21,33H,9-10H2,1-8H3/t14-,15?,20?,21?/m0/s1. The molecule has 2 aromatic rings. The number of phenolic OH excluding ortho intramolecular Hbond substituents is 1. The van der Waals surface area contributed by atoms with Crippen molar-refractivity contribution in [2.24, 2.45) is 0 Å². The molecule has 0 radical (unpaired) electrons. The van der Waals surface area contributed by atoms with Gasteiger partial charge in [-0.2, -0.15) is 0 Å². The van der Waals surface area contributed by atoms with E-state index in [-0.39, 0.29) is 17.4 Å². The molecule has 204 valence electrons. The molecule has 1 N–H and O–H groups in total. The minimum atomic E-state index is -0.892. The highest BCUT2D eigenvalue weighted by Crippen LogP contribution is 2.58. The lowest BCUT2D eigenvalue weighted by Gasteiger charge is -2.56. The summed E-state index contributed by atoms with van der Waals surface area (Å²) in [6.07, 6.45) is 0.926. The molecule has 0 aliphatic carbocycles. The van der Waals surface area contributed by atoms with E-state index in [0.717, 1.165) is 15.6 Å². The predicted molar refractivity (Wildman–Crippen MR) is 144 cm³/mol. The fourth-order valence-electron chi connectivity index (χ4n) is 6.88. The quantitative estimate of drug-likeness (QED) is 0.553. The van der Waals surface area contributed by atoms with Gasteiger partial charge in [-0.1, -0.05) is 22.9 Å². The number of benzene rings is 2. The summed E-state index contributed by atoms with van der Waals surface area (Å²) in [6.45, 7) is 5.66. The molecule has 9 nitrogen and oxygen atoms in total. The Labute approximate surface area is 230 Å². The first-order valence-corrected chi connectivity index (χ1v) is 13.4. The molecule has 3 aliphatic heterocycles. The van der Waals surface area contributed by atoms with Crippen molar-refractivity contribution in [2.75, 3.05) is 35.5 Å². The number of hydrogen-bond acceptors (Lipinski definition) is 8. The van der Waals surface area contributed by atoms with Crippen molar-refractivity contribution in [1.82, 2.24) is 9.80 Å². The van der Waals surface area contributed by atoms with E-state index in [0.29, 0.717) is 58.1 Å². The smallest absolute Gasteiger partial charge is 0.241 e. The molecule has 10 heteroatoms. The van der Waals surface area contributed by atoms with Crippen LogP contribution in [0.2, 0.25) is 0 Å². The van der Waals surface area contributed by atoms with E-state index >= 15 is 0 Å². The second-order valence-corrected chi connectivity index (χ2v) is 10.8. The van der Waals surface area contributed by atoms with Crippen LogP contribution in [0.5, 0.6) is 28.7 Å². The summed E-state index contributed by atoms with van der Waals surface area (Å²) in [6, 6.07) is -2.45. The van der Waals surface area contributed by atoms with Crippen molar-refractivity contribution >= 4 is 27.6 Å². The number of ether oxygens (including phenoxy) is 4. The van der Waals surface area contributed by atoms with Gasteiger partial charge in [-0.3, -0.25) is 14.5 Å². The van der Waals surface area contributed by atoms with Gasteiger partial charge < -0.3 is 29.0 Å². The third kappa shape index (κ3) is 3.19. The first-order valence-electron chi connectivity index (χ1n) is 12.6. The van der Waals surface area contributed by atoms with Gasteiger partial charge in [-0.15, -0.1) is 0 Å². The lowest BCUT2D eigenvalue weighted by atomic mass is 9.72. The van der Waals surface area contributed by atoms with Crippen molar-refractivity contribution in [3.63, 3.8) is 0 Å². The number of amides is 1. The lowest BCUT2D eigenvalue weighted by molar-refractivity contribution is -0.153.